The minimum atomic E-state index is -0.327. The van der Waals surface area contributed by atoms with Crippen LogP contribution < -0.4 is 24.8 Å². The van der Waals surface area contributed by atoms with Crippen molar-refractivity contribution < 1.29 is 19.0 Å². The van der Waals surface area contributed by atoms with Crippen LogP contribution in [-0.4, -0.2) is 31.8 Å². The summed E-state index contributed by atoms with van der Waals surface area (Å²) in [7, 11) is 3.11. The van der Waals surface area contributed by atoms with Gasteiger partial charge in [0.2, 0.25) is 0 Å². The van der Waals surface area contributed by atoms with E-state index in [0.29, 0.717) is 39.6 Å². The van der Waals surface area contributed by atoms with Crippen LogP contribution in [0.1, 0.15) is 17.3 Å². The summed E-state index contributed by atoms with van der Waals surface area (Å²) in [4.78, 5) is 12.3. The van der Waals surface area contributed by atoms with Gasteiger partial charge in [0.25, 0.3) is 5.91 Å². The van der Waals surface area contributed by atoms with Gasteiger partial charge >= 0.3 is 0 Å². The highest BCUT2D eigenvalue weighted by molar-refractivity contribution is 9.10. The highest BCUT2D eigenvalue weighted by Gasteiger charge is 2.12. The first-order valence-electron chi connectivity index (χ1n) is 7.75. The molecule has 0 bridgehead atoms. The monoisotopic (exact) mass is 438 g/mol. The molecule has 0 saturated carbocycles. The molecule has 1 amide bonds. The average Bonchev–Trinajstić information content (AvgIpc) is 2.63. The van der Waals surface area contributed by atoms with Gasteiger partial charge in [-0.05, 0) is 65.4 Å². The van der Waals surface area contributed by atoms with Crippen LogP contribution >= 0.6 is 28.1 Å². The highest BCUT2D eigenvalue weighted by atomic mass is 79.9. The van der Waals surface area contributed by atoms with Crippen LogP contribution in [0.15, 0.2) is 40.9 Å². The molecule has 0 spiro atoms. The van der Waals surface area contributed by atoms with Crippen LogP contribution in [0.2, 0.25) is 0 Å². The predicted molar refractivity (Wildman–Crippen MR) is 109 cm³/mol. The lowest BCUT2D eigenvalue weighted by Crippen LogP contribution is -2.34. The molecule has 0 aliphatic carbocycles. The summed E-state index contributed by atoms with van der Waals surface area (Å²) in [5.41, 5.74) is 1.12. The maximum Gasteiger partial charge on any atom is 0.257 e. The Balaban J connectivity index is 2.03. The number of halogens is 1. The SMILES string of the molecule is CCOc1ccc(C(=O)NC(=S)Nc2ccc(OC)c(OC)c2)cc1Br. The zero-order valence-corrected chi connectivity index (χ0v) is 17.0. The highest BCUT2D eigenvalue weighted by Crippen LogP contribution is 2.29. The molecule has 0 aromatic heterocycles. The normalized spacial score (nSPS) is 10.0. The zero-order valence-electron chi connectivity index (χ0n) is 14.6. The molecule has 26 heavy (non-hydrogen) atoms. The number of carbonyl (C=O) groups is 1. The molecule has 138 valence electrons. The lowest BCUT2D eigenvalue weighted by molar-refractivity contribution is 0.0977. The third-order valence-corrected chi connectivity index (χ3v) is 4.19. The molecule has 2 N–H and O–H groups in total. The summed E-state index contributed by atoms with van der Waals surface area (Å²) in [5, 5.41) is 5.75. The number of ether oxygens (including phenoxy) is 3. The van der Waals surface area contributed by atoms with Gasteiger partial charge in [-0.1, -0.05) is 0 Å². The first-order valence-corrected chi connectivity index (χ1v) is 8.95. The van der Waals surface area contributed by atoms with Crippen molar-refractivity contribution in [2.24, 2.45) is 0 Å². The van der Waals surface area contributed by atoms with Crippen molar-refractivity contribution in [2.45, 2.75) is 6.92 Å². The van der Waals surface area contributed by atoms with E-state index >= 15 is 0 Å². The molecule has 2 aromatic rings. The number of benzene rings is 2. The molecular weight excluding hydrogens is 420 g/mol. The second-order valence-electron chi connectivity index (χ2n) is 5.06. The maximum atomic E-state index is 12.3. The van der Waals surface area contributed by atoms with Gasteiger partial charge in [-0.15, -0.1) is 0 Å². The molecule has 0 unspecified atom stereocenters. The summed E-state index contributed by atoms with van der Waals surface area (Å²) in [6, 6.07) is 10.3. The van der Waals surface area contributed by atoms with Crippen LogP contribution in [0.4, 0.5) is 5.69 Å². The molecule has 0 aliphatic heterocycles. The second kappa shape index (κ2) is 9.40. The number of methoxy groups -OCH3 is 2. The minimum Gasteiger partial charge on any atom is -0.493 e. The molecule has 0 saturated heterocycles. The molecule has 8 heteroatoms. The Morgan fingerprint density at radius 1 is 1.08 bits per heavy atom. The van der Waals surface area contributed by atoms with Gasteiger partial charge in [0.05, 0.1) is 25.3 Å². The first kappa shape index (κ1) is 20.0. The van der Waals surface area contributed by atoms with Gasteiger partial charge in [0.15, 0.2) is 16.6 Å². The molecule has 0 atom stereocenters. The fraction of sp³-hybridized carbons (Fsp3) is 0.222. The van der Waals surface area contributed by atoms with Crippen molar-refractivity contribution in [3.8, 4) is 17.2 Å². The second-order valence-corrected chi connectivity index (χ2v) is 6.32. The molecule has 2 rings (SSSR count). The Bertz CT molecular complexity index is 814. The Hall–Kier alpha value is -2.32. The Morgan fingerprint density at radius 3 is 2.38 bits per heavy atom. The number of rotatable bonds is 6. The van der Waals surface area contributed by atoms with E-state index in [1.165, 1.54) is 0 Å². The number of hydrogen-bond donors (Lipinski definition) is 2. The summed E-state index contributed by atoms with van der Waals surface area (Å²) < 4.78 is 16.6. The van der Waals surface area contributed by atoms with E-state index in [1.807, 2.05) is 6.92 Å². The third kappa shape index (κ3) is 5.09. The Morgan fingerprint density at radius 2 is 1.77 bits per heavy atom. The van der Waals surface area contributed by atoms with Crippen molar-refractivity contribution in [2.75, 3.05) is 26.1 Å². The van der Waals surface area contributed by atoms with Gasteiger partial charge in [0.1, 0.15) is 5.75 Å². The molecular formula is C18H19BrN2O4S. The quantitative estimate of drug-likeness (QED) is 0.664. The average molecular weight is 439 g/mol. The zero-order chi connectivity index (χ0) is 19.1. The third-order valence-electron chi connectivity index (χ3n) is 3.36. The van der Waals surface area contributed by atoms with E-state index in [9.17, 15) is 4.79 Å². The number of anilines is 1. The standard InChI is InChI=1S/C18H19BrN2O4S/c1-4-25-14-7-5-11(9-13(14)19)17(22)21-18(26)20-12-6-8-15(23-2)16(10-12)24-3/h5-10H,4H2,1-3H3,(H2,20,21,22,26). The van der Waals surface area contributed by atoms with E-state index in [4.69, 9.17) is 26.4 Å². The maximum absolute atomic E-state index is 12.3. The van der Waals surface area contributed by atoms with E-state index in [-0.39, 0.29) is 11.0 Å². The fourth-order valence-corrected chi connectivity index (χ4v) is 2.87. The van der Waals surface area contributed by atoms with Gasteiger partial charge < -0.3 is 19.5 Å². The lowest BCUT2D eigenvalue weighted by atomic mass is 10.2. The van der Waals surface area contributed by atoms with Crippen molar-refractivity contribution in [3.63, 3.8) is 0 Å². The molecule has 0 radical (unpaired) electrons. The molecule has 0 fully saturated rings. The molecule has 0 aliphatic rings. The van der Waals surface area contributed by atoms with E-state index in [2.05, 4.69) is 26.6 Å². The molecule has 2 aromatic carbocycles. The number of thiocarbonyl (C=S) groups is 1. The minimum absolute atomic E-state index is 0.173. The Labute approximate surface area is 166 Å². The lowest BCUT2D eigenvalue weighted by Gasteiger charge is -2.13. The van der Waals surface area contributed by atoms with E-state index < -0.39 is 0 Å². The van der Waals surface area contributed by atoms with Gasteiger partial charge in [0, 0.05) is 17.3 Å². The molecule has 6 nitrogen and oxygen atoms in total. The summed E-state index contributed by atoms with van der Waals surface area (Å²) >= 11 is 8.59. The van der Waals surface area contributed by atoms with Crippen LogP contribution in [0.3, 0.4) is 0 Å². The van der Waals surface area contributed by atoms with Crippen molar-refractivity contribution in [1.82, 2.24) is 5.32 Å². The van der Waals surface area contributed by atoms with E-state index in [1.54, 1.807) is 50.6 Å². The smallest absolute Gasteiger partial charge is 0.257 e. The van der Waals surface area contributed by atoms with Crippen molar-refractivity contribution in [3.05, 3.63) is 46.4 Å². The molecule has 0 heterocycles. The van der Waals surface area contributed by atoms with Crippen molar-refractivity contribution >= 4 is 44.9 Å². The summed E-state index contributed by atoms with van der Waals surface area (Å²) in [6.45, 7) is 2.44. The predicted octanol–water partition coefficient (Wildman–Crippen LogP) is 3.99. The van der Waals surface area contributed by atoms with Gasteiger partial charge in [-0.25, -0.2) is 0 Å². The fourth-order valence-electron chi connectivity index (χ4n) is 2.17. The topological polar surface area (TPSA) is 68.8 Å². The van der Waals surface area contributed by atoms with Gasteiger partial charge in [-0.2, -0.15) is 0 Å². The number of hydrogen-bond acceptors (Lipinski definition) is 5. The first-order chi connectivity index (χ1) is 12.5. The van der Waals surface area contributed by atoms with E-state index in [0.717, 1.165) is 0 Å². The number of carbonyl (C=O) groups excluding carboxylic acids is 1. The number of nitrogens with one attached hydrogen (secondary N) is 2. The largest absolute Gasteiger partial charge is 0.493 e. The van der Waals surface area contributed by atoms with Crippen molar-refractivity contribution in [1.29, 1.82) is 0 Å². The Kier molecular flexibility index (Phi) is 7.23. The van der Waals surface area contributed by atoms with Crippen LogP contribution in [0.25, 0.3) is 0 Å². The number of amides is 1. The summed E-state index contributed by atoms with van der Waals surface area (Å²) in [6.07, 6.45) is 0. The van der Waals surface area contributed by atoms with Gasteiger partial charge in [-0.3, -0.25) is 10.1 Å². The van der Waals surface area contributed by atoms with Crippen LogP contribution in [-0.2, 0) is 0 Å². The summed E-state index contributed by atoms with van der Waals surface area (Å²) in [5.74, 6) is 1.51. The van der Waals surface area contributed by atoms with Crippen LogP contribution in [0, 0.1) is 0 Å². The van der Waals surface area contributed by atoms with Crippen LogP contribution in [0.5, 0.6) is 17.2 Å².